The topological polar surface area (TPSA) is 105 Å². The minimum atomic E-state index is -0.757. The smallest absolute Gasteiger partial charge is 0.329 e. The number of ether oxygens (including phenoxy) is 1. The molecule has 0 radical (unpaired) electrons. The number of fused-ring (bicyclic) bond motifs is 1. The van der Waals surface area contributed by atoms with Crippen LogP contribution in [0.15, 0.2) is 24.3 Å². The number of nitrogens with one attached hydrogen (secondary N) is 2. The van der Waals surface area contributed by atoms with Crippen molar-refractivity contribution in [2.24, 2.45) is 5.92 Å². The number of amides is 3. The number of carbonyl (C=O) groups is 4. The molecule has 0 aliphatic carbocycles. The Balaban J connectivity index is 2.12. The Bertz CT molecular complexity index is 779. The number of carbonyl (C=O) groups excluding carboxylic acids is 4. The largest absolute Gasteiger partial charge is 0.467 e. The number of methoxy groups -OCH3 is 1. The Morgan fingerprint density at radius 1 is 1.21 bits per heavy atom. The first kappa shape index (κ1) is 22.4. The molecule has 1 aliphatic rings. The third-order valence-electron chi connectivity index (χ3n) is 5.26. The van der Waals surface area contributed by atoms with Gasteiger partial charge < -0.3 is 15.4 Å². The molecule has 1 aromatic rings. The van der Waals surface area contributed by atoms with E-state index in [-0.39, 0.29) is 24.8 Å². The average molecular weight is 403 g/mol. The van der Waals surface area contributed by atoms with Crippen LogP contribution in [0.2, 0.25) is 0 Å². The summed E-state index contributed by atoms with van der Waals surface area (Å²) >= 11 is 0. The van der Waals surface area contributed by atoms with Crippen LogP contribution >= 0.6 is 0 Å². The zero-order chi connectivity index (χ0) is 21.6. The van der Waals surface area contributed by atoms with E-state index in [4.69, 9.17) is 4.74 Å². The van der Waals surface area contributed by atoms with Crippen LogP contribution in [0, 0.1) is 5.92 Å². The van der Waals surface area contributed by atoms with E-state index in [1.807, 2.05) is 26.0 Å². The quantitative estimate of drug-likeness (QED) is 0.634. The van der Waals surface area contributed by atoms with Gasteiger partial charge in [-0.2, -0.15) is 0 Å². The second kappa shape index (κ2) is 10.0. The van der Waals surface area contributed by atoms with Crippen LogP contribution in [-0.4, -0.2) is 49.4 Å². The van der Waals surface area contributed by atoms with Crippen molar-refractivity contribution < 1.29 is 23.9 Å². The van der Waals surface area contributed by atoms with Gasteiger partial charge in [-0.1, -0.05) is 45.4 Å². The highest BCUT2D eigenvalue weighted by Crippen LogP contribution is 2.32. The predicted octanol–water partition coefficient (Wildman–Crippen LogP) is 1.17. The van der Waals surface area contributed by atoms with Gasteiger partial charge in [0.05, 0.1) is 13.7 Å². The second-order valence-electron chi connectivity index (χ2n) is 7.14. The van der Waals surface area contributed by atoms with Crippen molar-refractivity contribution in [2.45, 2.75) is 52.1 Å². The van der Waals surface area contributed by atoms with Gasteiger partial charge in [-0.3, -0.25) is 19.3 Å². The molecule has 1 aromatic carbocycles. The maximum Gasteiger partial charge on any atom is 0.329 e. The van der Waals surface area contributed by atoms with Gasteiger partial charge in [0.25, 0.3) is 0 Å². The molecular weight excluding hydrogens is 374 g/mol. The zero-order valence-electron chi connectivity index (χ0n) is 17.4. The summed E-state index contributed by atoms with van der Waals surface area (Å²) in [5.41, 5.74) is 1.51. The van der Waals surface area contributed by atoms with Gasteiger partial charge in [0, 0.05) is 18.5 Å². The monoisotopic (exact) mass is 403 g/mol. The normalized spacial score (nSPS) is 17.1. The van der Waals surface area contributed by atoms with Crippen LogP contribution in [0.1, 0.15) is 39.2 Å². The van der Waals surface area contributed by atoms with Crippen LogP contribution in [0.25, 0.3) is 0 Å². The van der Waals surface area contributed by atoms with E-state index in [0.717, 1.165) is 5.56 Å². The number of nitrogens with zero attached hydrogens (tertiary/aromatic N) is 1. The number of rotatable bonds is 8. The molecule has 0 saturated heterocycles. The number of esters is 1. The van der Waals surface area contributed by atoms with Crippen molar-refractivity contribution in [2.75, 3.05) is 18.6 Å². The first-order chi connectivity index (χ1) is 13.8. The highest BCUT2D eigenvalue weighted by atomic mass is 16.5. The van der Waals surface area contributed by atoms with Crippen LogP contribution < -0.4 is 15.5 Å². The Hall–Kier alpha value is -2.90. The van der Waals surface area contributed by atoms with Gasteiger partial charge in [-0.25, -0.2) is 4.79 Å². The van der Waals surface area contributed by atoms with E-state index in [9.17, 15) is 19.2 Å². The molecule has 0 spiro atoms. The van der Waals surface area contributed by atoms with Crippen molar-refractivity contribution in [1.29, 1.82) is 0 Å². The molecule has 158 valence electrons. The minimum absolute atomic E-state index is 0.0871. The lowest BCUT2D eigenvalue weighted by Gasteiger charge is -2.26. The first-order valence-electron chi connectivity index (χ1n) is 9.88. The van der Waals surface area contributed by atoms with Gasteiger partial charge in [-0.05, 0) is 17.5 Å². The fourth-order valence-corrected chi connectivity index (χ4v) is 3.35. The predicted molar refractivity (Wildman–Crippen MR) is 108 cm³/mol. The summed E-state index contributed by atoms with van der Waals surface area (Å²) < 4.78 is 4.84. The summed E-state index contributed by atoms with van der Waals surface area (Å²) in [6.45, 7) is 5.22. The fraction of sp³-hybridized carbons (Fsp3) is 0.524. The van der Waals surface area contributed by atoms with E-state index >= 15 is 0 Å². The van der Waals surface area contributed by atoms with Crippen LogP contribution in [0.5, 0.6) is 0 Å². The van der Waals surface area contributed by atoms with Gasteiger partial charge in [-0.15, -0.1) is 0 Å². The van der Waals surface area contributed by atoms with Gasteiger partial charge >= 0.3 is 5.97 Å². The number of anilines is 1. The number of hydrogen-bond acceptors (Lipinski definition) is 5. The van der Waals surface area contributed by atoms with E-state index in [2.05, 4.69) is 10.6 Å². The lowest BCUT2D eigenvalue weighted by atomic mass is 9.98. The summed E-state index contributed by atoms with van der Waals surface area (Å²) in [4.78, 5) is 50.9. The summed E-state index contributed by atoms with van der Waals surface area (Å²) in [7, 11) is 1.28. The third kappa shape index (κ3) is 5.13. The highest BCUT2D eigenvalue weighted by Gasteiger charge is 2.39. The van der Waals surface area contributed by atoms with Crippen molar-refractivity contribution in [3.8, 4) is 0 Å². The average Bonchev–Trinajstić information content (AvgIpc) is 3.13. The lowest BCUT2D eigenvalue weighted by molar-refractivity contribution is -0.143. The zero-order valence-corrected chi connectivity index (χ0v) is 17.4. The highest BCUT2D eigenvalue weighted by molar-refractivity contribution is 6.04. The molecule has 0 aromatic heterocycles. The molecule has 0 bridgehead atoms. The summed E-state index contributed by atoms with van der Waals surface area (Å²) in [6.07, 6.45) is 1.33. The summed E-state index contributed by atoms with van der Waals surface area (Å²) in [5.74, 6) is -1.65. The molecular formula is C21H29N3O5. The summed E-state index contributed by atoms with van der Waals surface area (Å²) in [6, 6.07) is 5.78. The standard InChI is InChI=1S/C21H29N3O5/c1-5-13(3)19(23-17(25)6-2)20(27)22-12-18(26)24-15-10-8-7-9-14(15)11-16(24)21(28)29-4/h7-10,13,16,19H,5-6,11-12H2,1-4H3,(H,22,27)(H,23,25). The molecule has 0 fully saturated rings. The maximum absolute atomic E-state index is 12.9. The molecule has 1 heterocycles. The summed E-state index contributed by atoms with van der Waals surface area (Å²) in [5, 5.41) is 5.33. The Kier molecular flexibility index (Phi) is 7.75. The Morgan fingerprint density at radius 3 is 2.52 bits per heavy atom. The number of para-hydroxylation sites is 1. The molecule has 0 saturated carbocycles. The molecule has 3 atom stereocenters. The molecule has 8 heteroatoms. The first-order valence-corrected chi connectivity index (χ1v) is 9.88. The van der Waals surface area contributed by atoms with Gasteiger partial charge in [0.15, 0.2) is 0 Å². The van der Waals surface area contributed by atoms with Crippen LogP contribution in [0.4, 0.5) is 5.69 Å². The van der Waals surface area contributed by atoms with Crippen LogP contribution in [0.3, 0.4) is 0 Å². The van der Waals surface area contributed by atoms with Crippen molar-refractivity contribution in [1.82, 2.24) is 10.6 Å². The van der Waals surface area contributed by atoms with Crippen molar-refractivity contribution in [3.63, 3.8) is 0 Å². The van der Waals surface area contributed by atoms with E-state index in [1.54, 1.807) is 19.1 Å². The fourth-order valence-electron chi connectivity index (χ4n) is 3.35. The van der Waals surface area contributed by atoms with Gasteiger partial charge in [0.1, 0.15) is 12.1 Å². The Labute approximate surface area is 171 Å². The van der Waals surface area contributed by atoms with Crippen molar-refractivity contribution in [3.05, 3.63) is 29.8 Å². The van der Waals surface area contributed by atoms with E-state index < -0.39 is 29.9 Å². The Morgan fingerprint density at radius 2 is 1.90 bits per heavy atom. The molecule has 8 nitrogen and oxygen atoms in total. The SMILES string of the molecule is CCC(=O)NC(C(=O)NCC(=O)N1c2ccccc2CC1C(=O)OC)C(C)CC. The van der Waals surface area contributed by atoms with Gasteiger partial charge in [0.2, 0.25) is 17.7 Å². The van der Waals surface area contributed by atoms with Crippen molar-refractivity contribution >= 4 is 29.4 Å². The van der Waals surface area contributed by atoms with Crippen LogP contribution in [-0.2, 0) is 30.3 Å². The molecule has 2 rings (SSSR count). The third-order valence-corrected chi connectivity index (χ3v) is 5.26. The van der Waals surface area contributed by atoms with E-state index in [0.29, 0.717) is 18.5 Å². The molecule has 3 amide bonds. The number of benzene rings is 1. The molecule has 3 unspecified atom stereocenters. The van der Waals surface area contributed by atoms with E-state index in [1.165, 1.54) is 12.0 Å². The lowest BCUT2D eigenvalue weighted by Crippen LogP contribution is -2.53. The second-order valence-corrected chi connectivity index (χ2v) is 7.14. The minimum Gasteiger partial charge on any atom is -0.467 e. The maximum atomic E-state index is 12.9. The molecule has 29 heavy (non-hydrogen) atoms. The molecule has 1 aliphatic heterocycles. The molecule has 2 N–H and O–H groups in total. The number of hydrogen-bond donors (Lipinski definition) is 2.